The highest BCUT2D eigenvalue weighted by Gasteiger charge is 2.42. The Morgan fingerprint density at radius 1 is 1.23 bits per heavy atom. The summed E-state index contributed by atoms with van der Waals surface area (Å²) in [6.45, 7) is 9.78. The Morgan fingerprint density at radius 3 is 2.57 bits per heavy atom. The van der Waals surface area contributed by atoms with Crippen molar-refractivity contribution in [2.75, 3.05) is 7.11 Å². The van der Waals surface area contributed by atoms with Crippen LogP contribution in [0.15, 0.2) is 33.0 Å². The SMILES string of the molecule is COc1c(O)c(CC=C(C)C)cc2c(=O)c3c(O)c4c(cc3oc12)OC(C)C4(C)C. The van der Waals surface area contributed by atoms with Crippen molar-refractivity contribution in [3.8, 4) is 23.0 Å². The van der Waals surface area contributed by atoms with Crippen LogP contribution < -0.4 is 14.9 Å². The molecule has 0 saturated heterocycles. The van der Waals surface area contributed by atoms with Crippen LogP contribution in [0.2, 0.25) is 0 Å². The number of methoxy groups -OCH3 is 1. The Morgan fingerprint density at radius 2 is 1.93 bits per heavy atom. The standard InChI is InChI=1S/C24H26O6/c1-11(2)7-8-13-9-14-20(26)17-15(30-22(14)23(28-6)19(13)25)10-16-18(21(17)27)24(4,5)12(3)29-16/h7,9-10,12,25,27H,8H2,1-6H3. The average Bonchev–Trinajstić information content (AvgIpc) is 2.89. The lowest BCUT2D eigenvalue weighted by atomic mass is 9.80. The molecule has 0 fully saturated rings. The summed E-state index contributed by atoms with van der Waals surface area (Å²) in [5.74, 6) is 0.397. The molecule has 0 spiro atoms. The Bertz CT molecular complexity index is 1280. The van der Waals surface area contributed by atoms with E-state index in [0.717, 1.165) is 5.57 Å². The smallest absolute Gasteiger partial charge is 0.204 e. The van der Waals surface area contributed by atoms with E-state index in [2.05, 4.69) is 0 Å². The third kappa shape index (κ3) is 2.74. The van der Waals surface area contributed by atoms with Gasteiger partial charge in [0.2, 0.25) is 11.2 Å². The summed E-state index contributed by atoms with van der Waals surface area (Å²) >= 11 is 0. The van der Waals surface area contributed by atoms with Crippen molar-refractivity contribution in [1.82, 2.24) is 0 Å². The summed E-state index contributed by atoms with van der Waals surface area (Å²) in [6.07, 6.45) is 2.22. The van der Waals surface area contributed by atoms with Crippen molar-refractivity contribution in [2.45, 2.75) is 52.6 Å². The summed E-state index contributed by atoms with van der Waals surface area (Å²) in [7, 11) is 1.41. The van der Waals surface area contributed by atoms with Crippen molar-refractivity contribution in [2.24, 2.45) is 0 Å². The molecule has 0 aliphatic carbocycles. The predicted molar refractivity (Wildman–Crippen MR) is 116 cm³/mol. The minimum Gasteiger partial charge on any atom is -0.507 e. The molecule has 2 aromatic carbocycles. The van der Waals surface area contributed by atoms with E-state index in [1.54, 1.807) is 12.1 Å². The molecular formula is C24H26O6. The number of phenols is 2. The normalized spacial score (nSPS) is 17.1. The van der Waals surface area contributed by atoms with Gasteiger partial charge < -0.3 is 24.1 Å². The zero-order chi connectivity index (χ0) is 22.0. The Kier molecular flexibility index (Phi) is 4.49. The lowest BCUT2D eigenvalue weighted by molar-refractivity contribution is 0.185. The van der Waals surface area contributed by atoms with Crippen molar-refractivity contribution in [1.29, 1.82) is 0 Å². The number of benzene rings is 2. The largest absolute Gasteiger partial charge is 0.507 e. The number of ether oxygens (including phenoxy) is 2. The summed E-state index contributed by atoms with van der Waals surface area (Å²) in [6, 6.07) is 3.24. The summed E-state index contributed by atoms with van der Waals surface area (Å²) in [5, 5.41) is 22.1. The highest BCUT2D eigenvalue weighted by Crippen LogP contribution is 2.50. The van der Waals surface area contributed by atoms with Crippen LogP contribution in [0.25, 0.3) is 21.9 Å². The number of aromatic hydroxyl groups is 2. The molecule has 2 heterocycles. The fourth-order valence-corrected chi connectivity index (χ4v) is 4.04. The monoisotopic (exact) mass is 410 g/mol. The molecule has 6 nitrogen and oxygen atoms in total. The lowest BCUT2D eigenvalue weighted by Gasteiger charge is -2.22. The predicted octanol–water partition coefficient (Wildman–Crippen LogP) is 4.93. The van der Waals surface area contributed by atoms with Gasteiger partial charge in [-0.05, 0) is 33.3 Å². The molecule has 0 saturated carbocycles. The van der Waals surface area contributed by atoms with Crippen molar-refractivity contribution in [3.05, 3.63) is 45.1 Å². The van der Waals surface area contributed by atoms with Gasteiger partial charge in [0.1, 0.15) is 28.6 Å². The van der Waals surface area contributed by atoms with Crippen molar-refractivity contribution >= 4 is 21.9 Å². The van der Waals surface area contributed by atoms with Gasteiger partial charge in [-0.2, -0.15) is 0 Å². The Balaban J connectivity index is 2.11. The van der Waals surface area contributed by atoms with Gasteiger partial charge >= 0.3 is 0 Å². The number of allylic oxidation sites excluding steroid dienone is 2. The number of rotatable bonds is 3. The first-order chi connectivity index (χ1) is 14.1. The summed E-state index contributed by atoms with van der Waals surface area (Å²) in [4.78, 5) is 13.5. The highest BCUT2D eigenvalue weighted by molar-refractivity contribution is 5.98. The van der Waals surface area contributed by atoms with Crippen LogP contribution in [0, 0.1) is 0 Å². The van der Waals surface area contributed by atoms with Gasteiger partial charge in [0.15, 0.2) is 11.3 Å². The van der Waals surface area contributed by atoms with E-state index in [-0.39, 0.29) is 50.7 Å². The Labute approximate surface area is 174 Å². The maximum Gasteiger partial charge on any atom is 0.204 e. The topological polar surface area (TPSA) is 89.1 Å². The van der Waals surface area contributed by atoms with E-state index >= 15 is 0 Å². The summed E-state index contributed by atoms with van der Waals surface area (Å²) in [5.41, 5.74) is 1.72. The van der Waals surface area contributed by atoms with E-state index in [1.807, 2.05) is 40.7 Å². The second-order valence-electron chi connectivity index (χ2n) is 8.66. The second kappa shape index (κ2) is 6.69. The molecule has 0 radical (unpaired) electrons. The molecule has 6 heteroatoms. The lowest BCUT2D eigenvalue weighted by Crippen LogP contribution is -2.29. The first-order valence-electron chi connectivity index (χ1n) is 9.93. The van der Waals surface area contributed by atoms with E-state index in [1.165, 1.54) is 7.11 Å². The molecule has 1 unspecified atom stereocenters. The molecule has 0 bridgehead atoms. The first kappa shape index (κ1) is 20.1. The van der Waals surface area contributed by atoms with Crippen LogP contribution in [0.1, 0.15) is 45.7 Å². The average molecular weight is 410 g/mol. The molecule has 3 aromatic rings. The first-order valence-corrected chi connectivity index (χ1v) is 9.93. The van der Waals surface area contributed by atoms with Gasteiger partial charge in [0.05, 0.1) is 12.5 Å². The molecule has 1 atom stereocenters. The van der Waals surface area contributed by atoms with Gasteiger partial charge in [-0.15, -0.1) is 0 Å². The number of phenolic OH excluding ortho intramolecular Hbond substituents is 2. The minimum absolute atomic E-state index is 0.0682. The van der Waals surface area contributed by atoms with E-state index in [4.69, 9.17) is 13.9 Å². The van der Waals surface area contributed by atoms with Crippen LogP contribution in [0.5, 0.6) is 23.0 Å². The quantitative estimate of drug-likeness (QED) is 0.470. The third-order valence-electron chi connectivity index (χ3n) is 6.10. The number of hydrogen-bond donors (Lipinski definition) is 2. The summed E-state index contributed by atoms with van der Waals surface area (Å²) < 4.78 is 17.3. The fourth-order valence-electron chi connectivity index (χ4n) is 4.04. The van der Waals surface area contributed by atoms with Crippen LogP contribution in [-0.2, 0) is 11.8 Å². The van der Waals surface area contributed by atoms with Crippen LogP contribution >= 0.6 is 0 Å². The molecule has 30 heavy (non-hydrogen) atoms. The number of fused-ring (bicyclic) bond motifs is 3. The van der Waals surface area contributed by atoms with Gasteiger partial charge in [-0.25, -0.2) is 0 Å². The zero-order valence-corrected chi connectivity index (χ0v) is 18.0. The Hall–Kier alpha value is -3.15. The molecular weight excluding hydrogens is 384 g/mol. The second-order valence-corrected chi connectivity index (χ2v) is 8.66. The van der Waals surface area contributed by atoms with Gasteiger partial charge in [-0.1, -0.05) is 25.5 Å². The molecule has 1 aromatic heterocycles. The zero-order valence-electron chi connectivity index (χ0n) is 18.0. The molecule has 1 aliphatic rings. The third-order valence-corrected chi connectivity index (χ3v) is 6.10. The van der Waals surface area contributed by atoms with E-state index in [0.29, 0.717) is 23.3 Å². The molecule has 4 rings (SSSR count). The van der Waals surface area contributed by atoms with Crippen molar-refractivity contribution < 1.29 is 24.1 Å². The maximum absolute atomic E-state index is 13.5. The van der Waals surface area contributed by atoms with Crippen LogP contribution in [-0.4, -0.2) is 23.4 Å². The van der Waals surface area contributed by atoms with Crippen LogP contribution in [0.4, 0.5) is 0 Å². The molecule has 158 valence electrons. The van der Waals surface area contributed by atoms with Crippen LogP contribution in [0.3, 0.4) is 0 Å². The van der Waals surface area contributed by atoms with E-state index < -0.39 is 5.41 Å². The molecule has 1 aliphatic heterocycles. The fraction of sp³-hybridized carbons (Fsp3) is 0.375. The molecule has 0 amide bonds. The highest BCUT2D eigenvalue weighted by atomic mass is 16.5. The van der Waals surface area contributed by atoms with Gasteiger partial charge in [0, 0.05) is 22.6 Å². The van der Waals surface area contributed by atoms with Crippen molar-refractivity contribution in [3.63, 3.8) is 0 Å². The van der Waals surface area contributed by atoms with Gasteiger partial charge in [0.25, 0.3) is 0 Å². The minimum atomic E-state index is -0.462. The van der Waals surface area contributed by atoms with E-state index in [9.17, 15) is 15.0 Å². The maximum atomic E-state index is 13.5. The molecule has 2 N–H and O–H groups in total. The number of hydrogen-bond acceptors (Lipinski definition) is 6. The van der Waals surface area contributed by atoms with Gasteiger partial charge in [-0.3, -0.25) is 4.79 Å².